The van der Waals surface area contributed by atoms with Crippen molar-refractivity contribution in [1.82, 2.24) is 10.2 Å². The monoisotopic (exact) mass is 218 g/mol. The van der Waals surface area contributed by atoms with Crippen molar-refractivity contribution in [2.75, 3.05) is 18.8 Å². The van der Waals surface area contributed by atoms with Crippen molar-refractivity contribution in [3.8, 4) is 0 Å². The smallest absolute Gasteiger partial charge is 0.169 e. The second-order valence-electron chi connectivity index (χ2n) is 3.73. The van der Waals surface area contributed by atoms with Crippen molar-refractivity contribution >= 4 is 29.1 Å². The van der Waals surface area contributed by atoms with E-state index < -0.39 is 0 Å². The Labute approximate surface area is 90.4 Å². The molecule has 1 rings (SSSR count). The fraction of sp³-hybridized carbons (Fsp3) is 0.889. The molecule has 1 heterocycles. The van der Waals surface area contributed by atoms with Gasteiger partial charge in [-0.15, -0.1) is 0 Å². The van der Waals surface area contributed by atoms with Gasteiger partial charge in [0.1, 0.15) is 0 Å². The van der Waals surface area contributed by atoms with E-state index in [1.165, 1.54) is 5.75 Å². The lowest BCUT2D eigenvalue weighted by atomic mass is 10.4. The van der Waals surface area contributed by atoms with E-state index in [2.05, 4.69) is 31.0 Å². The van der Waals surface area contributed by atoms with Crippen LogP contribution in [-0.2, 0) is 0 Å². The third-order valence-corrected chi connectivity index (χ3v) is 3.45. The quantitative estimate of drug-likeness (QED) is 0.674. The van der Waals surface area contributed by atoms with E-state index in [-0.39, 0.29) is 0 Å². The number of thiocarbonyl (C=S) groups is 1. The van der Waals surface area contributed by atoms with Gasteiger partial charge in [-0.2, -0.15) is 11.8 Å². The molecular weight excluding hydrogens is 200 g/mol. The summed E-state index contributed by atoms with van der Waals surface area (Å²) in [6.45, 7) is 8.68. The van der Waals surface area contributed by atoms with Gasteiger partial charge in [0.2, 0.25) is 0 Å². The number of thioether (sulfide) groups is 1. The summed E-state index contributed by atoms with van der Waals surface area (Å²) in [5.41, 5.74) is 0. The van der Waals surface area contributed by atoms with Gasteiger partial charge in [0.15, 0.2) is 5.11 Å². The van der Waals surface area contributed by atoms with Crippen LogP contribution in [0.15, 0.2) is 0 Å². The molecule has 76 valence electrons. The molecule has 1 fully saturated rings. The van der Waals surface area contributed by atoms with Crippen LogP contribution in [0.25, 0.3) is 0 Å². The predicted molar refractivity (Wildman–Crippen MR) is 64.4 cm³/mol. The second-order valence-corrected chi connectivity index (χ2v) is 5.66. The van der Waals surface area contributed by atoms with Gasteiger partial charge >= 0.3 is 0 Å². The molecule has 13 heavy (non-hydrogen) atoms. The Balaban J connectivity index is 2.37. The first-order chi connectivity index (χ1) is 6.09. The number of nitrogens with one attached hydrogen (secondary N) is 1. The van der Waals surface area contributed by atoms with Gasteiger partial charge in [-0.3, -0.25) is 0 Å². The normalized spacial score (nSPS) is 23.4. The molecule has 1 saturated heterocycles. The Bertz CT molecular complexity index is 182. The molecule has 1 atom stereocenters. The van der Waals surface area contributed by atoms with Gasteiger partial charge in [-0.1, -0.05) is 6.92 Å². The van der Waals surface area contributed by atoms with Crippen LogP contribution >= 0.6 is 24.0 Å². The lowest BCUT2D eigenvalue weighted by Crippen LogP contribution is -2.48. The van der Waals surface area contributed by atoms with Crippen LogP contribution < -0.4 is 5.32 Å². The van der Waals surface area contributed by atoms with E-state index >= 15 is 0 Å². The Morgan fingerprint density at radius 1 is 1.62 bits per heavy atom. The molecule has 1 aliphatic rings. The molecule has 4 heteroatoms. The Hall–Kier alpha value is 0.0400. The van der Waals surface area contributed by atoms with E-state index in [0.29, 0.717) is 11.3 Å². The molecule has 0 aliphatic carbocycles. The fourth-order valence-electron chi connectivity index (χ4n) is 1.34. The highest BCUT2D eigenvalue weighted by atomic mass is 32.2. The second kappa shape index (κ2) is 5.05. The first-order valence-electron chi connectivity index (χ1n) is 4.76. The SMILES string of the molecule is CC(C)NC(=S)N1CCSC(C)C1. The lowest BCUT2D eigenvalue weighted by molar-refractivity contribution is 0.423. The number of hydrogen-bond donors (Lipinski definition) is 1. The zero-order chi connectivity index (χ0) is 9.84. The Morgan fingerprint density at radius 2 is 2.31 bits per heavy atom. The topological polar surface area (TPSA) is 15.3 Å². The third kappa shape index (κ3) is 3.73. The summed E-state index contributed by atoms with van der Waals surface area (Å²) in [7, 11) is 0. The summed E-state index contributed by atoms with van der Waals surface area (Å²) < 4.78 is 0. The lowest BCUT2D eigenvalue weighted by Gasteiger charge is -2.33. The van der Waals surface area contributed by atoms with E-state index in [1.54, 1.807) is 0 Å². The summed E-state index contributed by atoms with van der Waals surface area (Å²) in [5, 5.41) is 4.91. The molecule has 0 aromatic rings. The summed E-state index contributed by atoms with van der Waals surface area (Å²) in [5.74, 6) is 1.20. The first kappa shape index (κ1) is 11.1. The highest BCUT2D eigenvalue weighted by Crippen LogP contribution is 2.17. The van der Waals surface area contributed by atoms with E-state index in [9.17, 15) is 0 Å². The minimum Gasteiger partial charge on any atom is -0.360 e. The molecule has 1 N–H and O–H groups in total. The number of nitrogens with zero attached hydrogens (tertiary/aromatic N) is 1. The van der Waals surface area contributed by atoms with Crippen molar-refractivity contribution in [1.29, 1.82) is 0 Å². The molecule has 1 unspecified atom stereocenters. The van der Waals surface area contributed by atoms with Crippen molar-refractivity contribution in [2.24, 2.45) is 0 Å². The van der Waals surface area contributed by atoms with Crippen LogP contribution in [0.4, 0.5) is 0 Å². The molecule has 0 bridgehead atoms. The molecule has 2 nitrogen and oxygen atoms in total. The summed E-state index contributed by atoms with van der Waals surface area (Å²) in [4.78, 5) is 2.27. The average molecular weight is 218 g/mol. The van der Waals surface area contributed by atoms with Crippen molar-refractivity contribution in [3.63, 3.8) is 0 Å². The summed E-state index contributed by atoms with van der Waals surface area (Å²) >= 11 is 7.34. The molecule has 0 spiro atoms. The highest BCUT2D eigenvalue weighted by molar-refractivity contribution is 8.00. The minimum absolute atomic E-state index is 0.442. The molecular formula is C9H18N2S2. The molecule has 0 aromatic carbocycles. The van der Waals surface area contributed by atoms with Crippen molar-refractivity contribution in [2.45, 2.75) is 32.1 Å². The molecule has 0 radical (unpaired) electrons. The van der Waals surface area contributed by atoms with Crippen LogP contribution in [0.3, 0.4) is 0 Å². The molecule has 1 aliphatic heterocycles. The number of rotatable bonds is 1. The standard InChI is InChI=1S/C9H18N2S2/c1-7(2)10-9(12)11-4-5-13-8(3)6-11/h7-8H,4-6H2,1-3H3,(H,10,12). The zero-order valence-corrected chi connectivity index (χ0v) is 10.2. The van der Waals surface area contributed by atoms with Crippen LogP contribution in [0.1, 0.15) is 20.8 Å². The van der Waals surface area contributed by atoms with Gasteiger partial charge in [0.05, 0.1) is 0 Å². The van der Waals surface area contributed by atoms with E-state index in [0.717, 1.165) is 18.2 Å². The molecule has 0 saturated carbocycles. The van der Waals surface area contributed by atoms with E-state index in [4.69, 9.17) is 12.2 Å². The summed E-state index contributed by atoms with van der Waals surface area (Å²) in [6, 6.07) is 0.442. The third-order valence-electron chi connectivity index (χ3n) is 1.94. The highest BCUT2D eigenvalue weighted by Gasteiger charge is 2.18. The Morgan fingerprint density at radius 3 is 2.85 bits per heavy atom. The van der Waals surface area contributed by atoms with Crippen LogP contribution in [0, 0.1) is 0 Å². The van der Waals surface area contributed by atoms with Crippen molar-refractivity contribution in [3.05, 3.63) is 0 Å². The molecule has 0 amide bonds. The van der Waals surface area contributed by atoms with Gasteiger partial charge in [-0.25, -0.2) is 0 Å². The zero-order valence-electron chi connectivity index (χ0n) is 8.54. The average Bonchev–Trinajstić information content (AvgIpc) is 2.03. The summed E-state index contributed by atoms with van der Waals surface area (Å²) in [6.07, 6.45) is 0. The fourth-order valence-corrected chi connectivity index (χ4v) is 2.76. The largest absolute Gasteiger partial charge is 0.360 e. The predicted octanol–water partition coefficient (Wildman–Crippen LogP) is 1.71. The maximum atomic E-state index is 5.31. The van der Waals surface area contributed by atoms with Crippen LogP contribution in [-0.4, -0.2) is 40.1 Å². The van der Waals surface area contributed by atoms with Gasteiger partial charge < -0.3 is 10.2 Å². The Kier molecular flexibility index (Phi) is 4.32. The maximum Gasteiger partial charge on any atom is 0.169 e. The maximum absolute atomic E-state index is 5.31. The van der Waals surface area contributed by atoms with Gasteiger partial charge in [0, 0.05) is 30.1 Å². The molecule has 0 aromatic heterocycles. The minimum atomic E-state index is 0.442. The van der Waals surface area contributed by atoms with Crippen LogP contribution in [0.2, 0.25) is 0 Å². The number of hydrogen-bond acceptors (Lipinski definition) is 2. The van der Waals surface area contributed by atoms with Gasteiger partial charge in [-0.05, 0) is 26.1 Å². The van der Waals surface area contributed by atoms with E-state index in [1.807, 2.05) is 11.8 Å². The van der Waals surface area contributed by atoms with Crippen molar-refractivity contribution < 1.29 is 0 Å². The van der Waals surface area contributed by atoms with Gasteiger partial charge in [0.25, 0.3) is 0 Å². The van der Waals surface area contributed by atoms with Crippen LogP contribution in [0.5, 0.6) is 0 Å². The first-order valence-corrected chi connectivity index (χ1v) is 6.22.